The Morgan fingerprint density at radius 1 is 1.37 bits per heavy atom. The van der Waals surface area contributed by atoms with Crippen molar-refractivity contribution in [1.29, 1.82) is 0 Å². The lowest BCUT2D eigenvalue weighted by Gasteiger charge is -2.21. The average Bonchev–Trinajstić information content (AvgIpc) is 2.69. The largest absolute Gasteiger partial charge is 0.380 e. The van der Waals surface area contributed by atoms with Crippen LogP contribution in [0.1, 0.15) is 19.4 Å². The van der Waals surface area contributed by atoms with Crippen LogP contribution in [0.25, 0.3) is 0 Å². The molecule has 1 aromatic rings. The number of methoxy groups -OCH3 is 1. The molecule has 0 bridgehead atoms. The highest BCUT2D eigenvalue weighted by Crippen LogP contribution is 2.32. The Balaban J connectivity index is 2.31. The van der Waals surface area contributed by atoms with E-state index in [9.17, 15) is 10.1 Å². The third-order valence-corrected chi connectivity index (χ3v) is 3.90. The van der Waals surface area contributed by atoms with Gasteiger partial charge in [-0.05, 0) is 17.9 Å². The van der Waals surface area contributed by atoms with Gasteiger partial charge < -0.3 is 9.64 Å². The van der Waals surface area contributed by atoms with Crippen molar-refractivity contribution in [1.82, 2.24) is 0 Å². The number of hydrogen-bond acceptors (Lipinski definition) is 4. The van der Waals surface area contributed by atoms with E-state index in [1.165, 1.54) is 0 Å². The second kappa shape index (κ2) is 5.57. The molecule has 0 saturated carbocycles. The highest BCUT2D eigenvalue weighted by atomic mass is 16.6. The van der Waals surface area contributed by atoms with Gasteiger partial charge >= 0.3 is 0 Å². The predicted molar refractivity (Wildman–Crippen MR) is 74.4 cm³/mol. The van der Waals surface area contributed by atoms with Gasteiger partial charge in [-0.3, -0.25) is 10.1 Å². The van der Waals surface area contributed by atoms with Crippen molar-refractivity contribution >= 4 is 11.4 Å². The summed E-state index contributed by atoms with van der Waals surface area (Å²) in [5.41, 5.74) is 2.07. The molecule has 104 valence electrons. The summed E-state index contributed by atoms with van der Waals surface area (Å²) < 4.78 is 5.17. The molecule has 19 heavy (non-hydrogen) atoms. The average molecular weight is 264 g/mol. The molecule has 1 fully saturated rings. The first-order valence-electron chi connectivity index (χ1n) is 6.54. The van der Waals surface area contributed by atoms with Gasteiger partial charge in [-0.2, -0.15) is 0 Å². The molecular formula is C14H20N2O3. The van der Waals surface area contributed by atoms with Gasteiger partial charge in [0.25, 0.3) is 5.69 Å². The minimum absolute atomic E-state index is 0.121. The molecule has 0 radical (unpaired) electrons. The van der Waals surface area contributed by atoms with Crippen LogP contribution in [0.3, 0.4) is 0 Å². The third kappa shape index (κ3) is 2.87. The molecule has 1 saturated heterocycles. The van der Waals surface area contributed by atoms with Crippen LogP contribution >= 0.6 is 0 Å². The molecule has 0 aromatic heterocycles. The second-order valence-electron chi connectivity index (χ2n) is 5.36. The number of nitrogens with zero attached hydrogens (tertiary/aromatic N) is 2. The van der Waals surface area contributed by atoms with Gasteiger partial charge in [-0.1, -0.05) is 13.8 Å². The van der Waals surface area contributed by atoms with E-state index in [1.54, 1.807) is 19.2 Å². The predicted octanol–water partition coefficient (Wildman–Crippen LogP) is 2.83. The summed E-state index contributed by atoms with van der Waals surface area (Å²) in [4.78, 5) is 12.8. The lowest BCUT2D eigenvalue weighted by molar-refractivity contribution is -0.384. The van der Waals surface area contributed by atoms with Crippen LogP contribution in [-0.2, 0) is 11.3 Å². The molecule has 5 heteroatoms. The second-order valence-corrected chi connectivity index (χ2v) is 5.36. The number of nitro benzene ring substituents is 1. The SMILES string of the molecule is COCc1cc([N+](=O)[O-])ccc1N1CC(C)C(C)C1. The summed E-state index contributed by atoms with van der Waals surface area (Å²) in [5, 5.41) is 10.8. The molecular weight excluding hydrogens is 244 g/mol. The summed E-state index contributed by atoms with van der Waals surface area (Å²) >= 11 is 0. The van der Waals surface area contributed by atoms with Gasteiger partial charge in [0.2, 0.25) is 0 Å². The fourth-order valence-corrected chi connectivity index (χ4v) is 2.59. The van der Waals surface area contributed by atoms with Crippen molar-refractivity contribution in [2.45, 2.75) is 20.5 Å². The zero-order valence-electron chi connectivity index (χ0n) is 11.6. The van der Waals surface area contributed by atoms with Gasteiger partial charge in [0.05, 0.1) is 11.5 Å². The zero-order chi connectivity index (χ0) is 14.0. The van der Waals surface area contributed by atoms with E-state index in [0.29, 0.717) is 18.4 Å². The van der Waals surface area contributed by atoms with Crippen LogP contribution in [0.15, 0.2) is 18.2 Å². The molecule has 2 unspecified atom stereocenters. The molecule has 1 aromatic carbocycles. The van der Waals surface area contributed by atoms with E-state index in [2.05, 4.69) is 18.7 Å². The third-order valence-electron chi connectivity index (χ3n) is 3.90. The van der Waals surface area contributed by atoms with Crippen molar-refractivity contribution in [3.05, 3.63) is 33.9 Å². The molecule has 1 aliphatic heterocycles. The van der Waals surface area contributed by atoms with Gasteiger partial charge in [0, 0.05) is 43.6 Å². The van der Waals surface area contributed by atoms with Gasteiger partial charge in [0.15, 0.2) is 0 Å². The van der Waals surface area contributed by atoms with Crippen molar-refractivity contribution in [2.24, 2.45) is 11.8 Å². The zero-order valence-corrected chi connectivity index (χ0v) is 11.6. The van der Waals surface area contributed by atoms with Crippen LogP contribution < -0.4 is 4.90 Å². The molecule has 1 heterocycles. The van der Waals surface area contributed by atoms with E-state index in [-0.39, 0.29) is 10.6 Å². The van der Waals surface area contributed by atoms with E-state index in [4.69, 9.17) is 4.74 Å². The number of benzene rings is 1. The van der Waals surface area contributed by atoms with Crippen molar-refractivity contribution in [2.75, 3.05) is 25.1 Å². The Morgan fingerprint density at radius 3 is 2.53 bits per heavy atom. The first-order valence-corrected chi connectivity index (χ1v) is 6.54. The van der Waals surface area contributed by atoms with E-state index >= 15 is 0 Å². The minimum Gasteiger partial charge on any atom is -0.380 e. The number of rotatable bonds is 4. The molecule has 1 aliphatic rings. The van der Waals surface area contributed by atoms with E-state index < -0.39 is 0 Å². The fourth-order valence-electron chi connectivity index (χ4n) is 2.59. The Bertz CT molecular complexity index is 466. The normalized spacial score (nSPS) is 22.8. The number of ether oxygens (including phenoxy) is 1. The van der Waals surface area contributed by atoms with Crippen molar-refractivity contribution < 1.29 is 9.66 Å². The van der Waals surface area contributed by atoms with Crippen LogP contribution in [0.4, 0.5) is 11.4 Å². The molecule has 0 aliphatic carbocycles. The quantitative estimate of drug-likeness (QED) is 0.620. The fraction of sp³-hybridized carbons (Fsp3) is 0.571. The lowest BCUT2D eigenvalue weighted by atomic mass is 10.0. The summed E-state index contributed by atoms with van der Waals surface area (Å²) in [6.07, 6.45) is 0. The molecule has 5 nitrogen and oxygen atoms in total. The van der Waals surface area contributed by atoms with Gasteiger partial charge in [-0.15, -0.1) is 0 Å². The lowest BCUT2D eigenvalue weighted by Crippen LogP contribution is -2.21. The number of anilines is 1. The van der Waals surface area contributed by atoms with Gasteiger partial charge in [-0.25, -0.2) is 0 Å². The summed E-state index contributed by atoms with van der Waals surface area (Å²) in [5.74, 6) is 1.29. The maximum atomic E-state index is 10.8. The van der Waals surface area contributed by atoms with Crippen LogP contribution in [-0.4, -0.2) is 25.1 Å². The summed E-state index contributed by atoms with van der Waals surface area (Å²) in [6.45, 7) is 6.87. The highest BCUT2D eigenvalue weighted by Gasteiger charge is 2.28. The smallest absolute Gasteiger partial charge is 0.269 e. The van der Waals surface area contributed by atoms with Crippen molar-refractivity contribution in [3.63, 3.8) is 0 Å². The minimum atomic E-state index is -0.363. The summed E-state index contributed by atoms with van der Waals surface area (Å²) in [7, 11) is 1.61. The monoisotopic (exact) mass is 264 g/mol. The highest BCUT2D eigenvalue weighted by molar-refractivity contribution is 5.58. The first kappa shape index (κ1) is 13.8. The standard InChI is InChI=1S/C14H20N2O3/c1-10-7-15(8-11(10)2)14-5-4-13(16(17)18)6-12(14)9-19-3/h4-6,10-11H,7-9H2,1-3H3. The summed E-state index contributed by atoms with van der Waals surface area (Å²) in [6, 6.07) is 5.03. The number of hydrogen-bond donors (Lipinski definition) is 0. The van der Waals surface area contributed by atoms with E-state index in [0.717, 1.165) is 24.3 Å². The molecule has 0 amide bonds. The van der Waals surface area contributed by atoms with Gasteiger partial charge in [0.1, 0.15) is 0 Å². The maximum absolute atomic E-state index is 10.8. The Hall–Kier alpha value is -1.62. The maximum Gasteiger partial charge on any atom is 0.269 e. The molecule has 0 N–H and O–H groups in total. The Labute approximate surface area is 113 Å². The topological polar surface area (TPSA) is 55.6 Å². The van der Waals surface area contributed by atoms with Crippen LogP contribution in [0.2, 0.25) is 0 Å². The van der Waals surface area contributed by atoms with Crippen molar-refractivity contribution in [3.8, 4) is 0 Å². The first-order chi connectivity index (χ1) is 9.02. The molecule has 0 spiro atoms. The number of non-ortho nitro benzene ring substituents is 1. The molecule has 2 atom stereocenters. The van der Waals surface area contributed by atoms with Crippen LogP contribution in [0.5, 0.6) is 0 Å². The van der Waals surface area contributed by atoms with E-state index in [1.807, 2.05) is 6.07 Å². The van der Waals surface area contributed by atoms with Crippen LogP contribution in [0, 0.1) is 22.0 Å². The number of nitro groups is 1. The Morgan fingerprint density at radius 2 is 2.00 bits per heavy atom. The molecule has 2 rings (SSSR count). The Kier molecular flexibility index (Phi) is 4.04.